The SMILES string of the molecule is C.C#CC(C)C1CCC2C3=CC=C4CC(S(C)(C)C(C)(C)C)CCC4(C)C3CCC21C.CC(C)C. The van der Waals surface area contributed by atoms with Crippen LogP contribution in [0.1, 0.15) is 115 Å². The number of hydrogen-bond donors (Lipinski definition) is 0. The van der Waals surface area contributed by atoms with Gasteiger partial charge in [-0.15, -0.1) is 12.3 Å². The summed E-state index contributed by atoms with van der Waals surface area (Å²) in [5, 5.41) is 0.882. The largest absolute Gasteiger partial charge is 0.239 e. The zero-order chi connectivity index (χ0) is 25.7. The molecule has 0 heterocycles. The smallest absolute Gasteiger partial charge is 0.0205 e. The Kier molecular flexibility index (Phi) is 9.30. The fourth-order valence-electron chi connectivity index (χ4n) is 7.95. The Balaban J connectivity index is 0.000000804. The normalized spacial score (nSPS) is 37.7. The van der Waals surface area contributed by atoms with Gasteiger partial charge in [0.1, 0.15) is 0 Å². The third-order valence-electron chi connectivity index (χ3n) is 10.9. The van der Waals surface area contributed by atoms with Crippen molar-refractivity contribution in [3.05, 3.63) is 23.3 Å². The van der Waals surface area contributed by atoms with Gasteiger partial charge in [0.05, 0.1) is 0 Å². The van der Waals surface area contributed by atoms with E-state index >= 15 is 0 Å². The minimum absolute atomic E-state index is 0. The van der Waals surface area contributed by atoms with Crippen molar-refractivity contribution in [2.45, 2.75) is 125 Å². The van der Waals surface area contributed by atoms with E-state index in [1.54, 1.807) is 5.57 Å². The van der Waals surface area contributed by atoms with Crippen LogP contribution in [0.4, 0.5) is 0 Å². The number of rotatable bonds is 2. The van der Waals surface area contributed by atoms with Crippen LogP contribution in [-0.4, -0.2) is 22.5 Å². The molecule has 0 aliphatic heterocycles. The van der Waals surface area contributed by atoms with Crippen molar-refractivity contribution in [3.63, 3.8) is 0 Å². The van der Waals surface area contributed by atoms with Crippen LogP contribution in [0.15, 0.2) is 23.3 Å². The molecular weight excluding hydrogens is 440 g/mol. The molecule has 4 rings (SSSR count). The Labute approximate surface area is 222 Å². The summed E-state index contributed by atoms with van der Waals surface area (Å²) in [6.07, 6.45) is 25.9. The molecule has 0 radical (unpaired) electrons. The van der Waals surface area contributed by atoms with Crippen LogP contribution in [0.5, 0.6) is 0 Å². The van der Waals surface area contributed by atoms with E-state index in [9.17, 15) is 0 Å². The quantitative estimate of drug-likeness (QED) is 0.331. The molecule has 7 atom stereocenters. The third-order valence-corrected chi connectivity index (χ3v) is 16.1. The van der Waals surface area contributed by atoms with Crippen molar-refractivity contribution in [3.8, 4) is 12.3 Å². The highest BCUT2D eigenvalue weighted by Gasteiger charge is 2.57. The summed E-state index contributed by atoms with van der Waals surface area (Å²) < 4.78 is 0.431. The zero-order valence-electron chi connectivity index (χ0n) is 24.6. The van der Waals surface area contributed by atoms with Gasteiger partial charge in [0.2, 0.25) is 0 Å². The Bertz CT molecular complexity index is 840. The molecule has 0 aromatic rings. The standard InChI is InChI=1S/C29H46S.C4H10.CH4/c1-10-20(2)24-13-14-25-23-12-11-21-19-22(30(8,9)27(3,4)5)15-17-28(21,6)26(23)16-18-29(24,25)7;1-4(2)3;/h1,11-12,20,22,24-26H,13-19H2,2-9H3;4H,1-3H3;1H4. The molecule has 3 saturated carbocycles. The second-order valence-electron chi connectivity index (χ2n) is 14.7. The average Bonchev–Trinajstić information content (AvgIpc) is 3.08. The van der Waals surface area contributed by atoms with Crippen molar-refractivity contribution >= 4 is 10.0 Å². The summed E-state index contributed by atoms with van der Waals surface area (Å²) in [5.41, 5.74) is 4.42. The summed E-state index contributed by atoms with van der Waals surface area (Å²) in [4.78, 5) is 0. The number of fused-ring (bicyclic) bond motifs is 5. The second kappa shape index (κ2) is 10.6. The summed E-state index contributed by atoms with van der Waals surface area (Å²) in [5.74, 6) is 6.60. The minimum Gasteiger partial charge on any atom is -0.239 e. The van der Waals surface area contributed by atoms with E-state index < -0.39 is 10.0 Å². The molecule has 7 unspecified atom stereocenters. The Morgan fingerprint density at radius 3 is 2.09 bits per heavy atom. The van der Waals surface area contributed by atoms with E-state index in [0.29, 0.717) is 27.4 Å². The van der Waals surface area contributed by atoms with E-state index in [-0.39, 0.29) is 7.43 Å². The maximum absolute atomic E-state index is 5.88. The predicted octanol–water partition coefficient (Wildman–Crippen LogP) is 10.3. The maximum Gasteiger partial charge on any atom is 0.0205 e. The topological polar surface area (TPSA) is 0 Å². The first-order chi connectivity index (χ1) is 15.6. The number of hydrogen-bond acceptors (Lipinski definition) is 0. The van der Waals surface area contributed by atoms with Crippen molar-refractivity contribution in [1.82, 2.24) is 0 Å². The predicted molar refractivity (Wildman–Crippen MR) is 163 cm³/mol. The molecule has 0 aromatic carbocycles. The van der Waals surface area contributed by atoms with Gasteiger partial charge in [-0.1, -0.05) is 93.0 Å². The van der Waals surface area contributed by atoms with E-state index in [2.05, 4.69) is 92.9 Å². The lowest BCUT2D eigenvalue weighted by Gasteiger charge is -2.59. The molecule has 0 aromatic heterocycles. The highest BCUT2D eigenvalue weighted by atomic mass is 32.3. The molecule has 0 amide bonds. The van der Waals surface area contributed by atoms with E-state index in [1.807, 2.05) is 5.57 Å². The number of allylic oxidation sites excluding steroid dienone is 4. The maximum atomic E-state index is 5.88. The van der Waals surface area contributed by atoms with Crippen LogP contribution < -0.4 is 0 Å². The van der Waals surface area contributed by atoms with E-state index in [0.717, 1.165) is 23.0 Å². The van der Waals surface area contributed by atoms with Crippen LogP contribution in [0.2, 0.25) is 0 Å². The fraction of sp³-hybridized carbons (Fsp3) is 0.824. The Hall–Kier alpha value is -0.610. The Morgan fingerprint density at radius 2 is 1.54 bits per heavy atom. The molecule has 0 N–H and O–H groups in total. The third kappa shape index (κ3) is 5.35. The van der Waals surface area contributed by atoms with Crippen molar-refractivity contribution in [1.29, 1.82) is 0 Å². The lowest BCUT2D eigenvalue weighted by molar-refractivity contribution is 0.0592. The van der Waals surface area contributed by atoms with Gasteiger partial charge in [-0.3, -0.25) is 0 Å². The van der Waals surface area contributed by atoms with Gasteiger partial charge in [0.25, 0.3) is 0 Å². The Morgan fingerprint density at radius 1 is 0.943 bits per heavy atom. The fourth-order valence-corrected chi connectivity index (χ4v) is 10.3. The minimum atomic E-state index is -0.630. The highest BCUT2D eigenvalue weighted by Crippen LogP contribution is 2.68. The summed E-state index contributed by atoms with van der Waals surface area (Å²) in [6.45, 7) is 21.4. The molecule has 35 heavy (non-hydrogen) atoms. The zero-order valence-corrected chi connectivity index (χ0v) is 25.4. The first-order valence-corrected chi connectivity index (χ1v) is 16.7. The lowest BCUT2D eigenvalue weighted by Crippen LogP contribution is -2.47. The van der Waals surface area contributed by atoms with Crippen LogP contribution >= 0.6 is 10.0 Å². The van der Waals surface area contributed by atoms with Gasteiger partial charge in [-0.25, -0.2) is 10.0 Å². The van der Waals surface area contributed by atoms with E-state index in [4.69, 9.17) is 6.42 Å². The van der Waals surface area contributed by atoms with Crippen LogP contribution in [0.3, 0.4) is 0 Å². The van der Waals surface area contributed by atoms with E-state index in [1.165, 1.54) is 44.9 Å². The molecule has 4 aliphatic rings. The monoisotopic (exact) mass is 500 g/mol. The van der Waals surface area contributed by atoms with Gasteiger partial charge >= 0.3 is 0 Å². The molecular formula is C34H60S. The highest BCUT2D eigenvalue weighted by molar-refractivity contribution is 8.34. The molecule has 0 bridgehead atoms. The van der Waals surface area contributed by atoms with Gasteiger partial charge in [0.15, 0.2) is 0 Å². The summed E-state index contributed by atoms with van der Waals surface area (Å²) in [7, 11) is -0.630. The van der Waals surface area contributed by atoms with Crippen molar-refractivity contribution < 1.29 is 0 Å². The van der Waals surface area contributed by atoms with Crippen LogP contribution in [0.25, 0.3) is 0 Å². The van der Waals surface area contributed by atoms with Crippen LogP contribution in [0, 0.1) is 52.8 Å². The summed E-state index contributed by atoms with van der Waals surface area (Å²) in [6, 6.07) is 0. The van der Waals surface area contributed by atoms with Crippen molar-refractivity contribution in [2.75, 3.05) is 12.5 Å². The first kappa shape index (κ1) is 30.6. The molecule has 1 heteroatoms. The molecule has 3 fully saturated rings. The molecule has 4 aliphatic carbocycles. The van der Waals surface area contributed by atoms with Gasteiger partial charge in [-0.05, 0) is 102 Å². The van der Waals surface area contributed by atoms with Crippen LogP contribution in [-0.2, 0) is 0 Å². The van der Waals surface area contributed by atoms with Crippen molar-refractivity contribution in [2.24, 2.45) is 40.4 Å². The molecule has 0 saturated heterocycles. The van der Waals surface area contributed by atoms with Gasteiger partial charge < -0.3 is 0 Å². The molecule has 0 spiro atoms. The van der Waals surface area contributed by atoms with Gasteiger partial charge in [0, 0.05) is 5.92 Å². The molecule has 0 nitrogen and oxygen atoms in total. The molecule has 202 valence electrons. The summed E-state index contributed by atoms with van der Waals surface area (Å²) >= 11 is 0. The lowest BCUT2D eigenvalue weighted by atomic mass is 9.50. The second-order valence-corrected chi connectivity index (χ2v) is 19.4. The average molecular weight is 501 g/mol. The first-order valence-electron chi connectivity index (χ1n) is 14.2. The van der Waals surface area contributed by atoms with Gasteiger partial charge in [-0.2, -0.15) is 0 Å². The number of terminal acetylenes is 1.